The molecule has 1 atom stereocenters. The Kier molecular flexibility index (Phi) is 8.19. The zero-order valence-electron chi connectivity index (χ0n) is 12.4. The maximum atomic E-state index is 9.85. The summed E-state index contributed by atoms with van der Waals surface area (Å²) in [6.07, 6.45) is 3.21. The smallest absolute Gasteiger partial charge is 0.190 e. The lowest BCUT2D eigenvalue weighted by molar-refractivity contribution is 0.121. The third-order valence-corrected chi connectivity index (χ3v) is 4.38. The van der Waals surface area contributed by atoms with Crippen LogP contribution < -0.4 is 0 Å². The molecule has 0 saturated carbocycles. The van der Waals surface area contributed by atoms with Gasteiger partial charge in [-0.05, 0) is 49.8 Å². The first-order valence-corrected chi connectivity index (χ1v) is 8.55. The lowest BCUT2D eigenvalue weighted by atomic mass is 10.1. The highest BCUT2D eigenvalue weighted by Crippen LogP contribution is 2.14. The van der Waals surface area contributed by atoms with E-state index in [9.17, 15) is 4.55 Å². The Morgan fingerprint density at radius 2 is 2.05 bits per heavy atom. The Bertz CT molecular complexity index is 352. The van der Waals surface area contributed by atoms with Crippen molar-refractivity contribution in [3.63, 3.8) is 0 Å². The molecule has 0 saturated heterocycles. The van der Waals surface area contributed by atoms with Gasteiger partial charge >= 0.3 is 0 Å². The molecule has 0 spiro atoms. The summed E-state index contributed by atoms with van der Waals surface area (Å²) in [5.74, 6) is 1.51. The molecule has 0 aromatic heterocycles. The standard InChI is InChI=1S/C16H27O2S/c1-4-19(17)16-9-5-7-15(13-16)8-6-11-18-12-10-14(2)3/h5,7,9,13-14,17H,4,6,8,10-12H2,1-3H3/q+1. The minimum absolute atomic E-state index is 0.598. The summed E-state index contributed by atoms with van der Waals surface area (Å²) >= 11 is -0.598. The summed E-state index contributed by atoms with van der Waals surface area (Å²) in [6, 6.07) is 8.30. The highest BCUT2D eigenvalue weighted by atomic mass is 32.2. The molecule has 1 rings (SSSR count). The minimum atomic E-state index is -0.598. The maximum absolute atomic E-state index is 9.85. The fourth-order valence-electron chi connectivity index (χ4n) is 1.81. The van der Waals surface area contributed by atoms with Gasteiger partial charge in [0.05, 0.1) is 0 Å². The van der Waals surface area contributed by atoms with Gasteiger partial charge in [-0.1, -0.05) is 26.0 Å². The molecule has 0 amide bonds. The molecule has 1 N–H and O–H groups in total. The number of hydrogen-bond donors (Lipinski definition) is 1. The van der Waals surface area contributed by atoms with Gasteiger partial charge in [-0.2, -0.15) is 4.55 Å². The zero-order chi connectivity index (χ0) is 14.1. The fraction of sp³-hybridized carbons (Fsp3) is 0.625. The second kappa shape index (κ2) is 9.40. The largest absolute Gasteiger partial charge is 0.381 e. The van der Waals surface area contributed by atoms with Crippen molar-refractivity contribution in [2.45, 2.75) is 44.9 Å². The van der Waals surface area contributed by atoms with Gasteiger partial charge in [0.2, 0.25) is 0 Å². The van der Waals surface area contributed by atoms with E-state index in [2.05, 4.69) is 26.0 Å². The van der Waals surface area contributed by atoms with Crippen LogP contribution in [0.1, 0.15) is 39.2 Å². The normalized spacial score (nSPS) is 12.9. The van der Waals surface area contributed by atoms with Gasteiger partial charge in [0.25, 0.3) is 0 Å². The number of aryl methyl sites for hydroxylation is 1. The molecule has 19 heavy (non-hydrogen) atoms. The van der Waals surface area contributed by atoms with Gasteiger partial charge in [0.1, 0.15) is 5.75 Å². The zero-order valence-corrected chi connectivity index (χ0v) is 13.2. The topological polar surface area (TPSA) is 29.5 Å². The van der Waals surface area contributed by atoms with Crippen molar-refractivity contribution < 1.29 is 9.29 Å². The molecule has 0 radical (unpaired) electrons. The van der Waals surface area contributed by atoms with E-state index in [1.807, 2.05) is 19.1 Å². The second-order valence-electron chi connectivity index (χ2n) is 5.20. The summed E-state index contributed by atoms with van der Waals surface area (Å²) in [7, 11) is 0. The first-order valence-electron chi connectivity index (χ1n) is 7.20. The van der Waals surface area contributed by atoms with Gasteiger partial charge in [0.15, 0.2) is 16.1 Å². The summed E-state index contributed by atoms with van der Waals surface area (Å²) in [4.78, 5) is 1.06. The van der Waals surface area contributed by atoms with Crippen LogP contribution in [-0.4, -0.2) is 23.5 Å². The highest BCUT2D eigenvalue weighted by molar-refractivity contribution is 7.91. The SMILES string of the molecule is CC[S+](O)c1cccc(CCCOCCC(C)C)c1. The average molecular weight is 283 g/mol. The number of hydrogen-bond acceptors (Lipinski definition) is 2. The highest BCUT2D eigenvalue weighted by Gasteiger charge is 2.16. The molecule has 0 aliphatic rings. The summed E-state index contributed by atoms with van der Waals surface area (Å²) in [5, 5.41) is 0. The third kappa shape index (κ3) is 7.00. The van der Waals surface area contributed by atoms with Crippen molar-refractivity contribution in [2.75, 3.05) is 19.0 Å². The monoisotopic (exact) mass is 283 g/mol. The van der Waals surface area contributed by atoms with E-state index < -0.39 is 11.2 Å². The molecule has 0 heterocycles. The van der Waals surface area contributed by atoms with Gasteiger partial charge < -0.3 is 4.74 Å². The van der Waals surface area contributed by atoms with Crippen molar-refractivity contribution in [3.8, 4) is 0 Å². The van der Waals surface area contributed by atoms with Gasteiger partial charge in [0, 0.05) is 13.2 Å². The van der Waals surface area contributed by atoms with E-state index in [0.29, 0.717) is 5.92 Å². The van der Waals surface area contributed by atoms with Gasteiger partial charge in [-0.25, -0.2) is 0 Å². The summed E-state index contributed by atoms with van der Waals surface area (Å²) in [6.45, 7) is 8.14. The van der Waals surface area contributed by atoms with Crippen LogP contribution in [0.25, 0.3) is 0 Å². The molecule has 0 fully saturated rings. The van der Waals surface area contributed by atoms with Crippen LogP contribution in [0.3, 0.4) is 0 Å². The quantitative estimate of drug-likeness (QED) is 0.545. The van der Waals surface area contributed by atoms with E-state index in [1.54, 1.807) is 0 Å². The summed E-state index contributed by atoms with van der Waals surface area (Å²) < 4.78 is 15.5. The van der Waals surface area contributed by atoms with Crippen molar-refractivity contribution >= 4 is 11.2 Å². The molecule has 1 aromatic carbocycles. The lowest BCUT2D eigenvalue weighted by Crippen LogP contribution is -2.04. The van der Waals surface area contributed by atoms with Crippen LogP contribution in [0.2, 0.25) is 0 Å². The molecular weight excluding hydrogens is 256 g/mol. The molecule has 3 heteroatoms. The molecule has 0 aliphatic carbocycles. The van der Waals surface area contributed by atoms with Gasteiger partial charge in [-0.3, -0.25) is 0 Å². The molecule has 0 bridgehead atoms. The average Bonchev–Trinajstić information content (AvgIpc) is 2.41. The Labute approximate surface area is 120 Å². The Balaban J connectivity index is 2.26. The lowest BCUT2D eigenvalue weighted by Gasteiger charge is -2.06. The molecule has 2 nitrogen and oxygen atoms in total. The van der Waals surface area contributed by atoms with E-state index >= 15 is 0 Å². The van der Waals surface area contributed by atoms with E-state index in [0.717, 1.165) is 43.1 Å². The van der Waals surface area contributed by atoms with Crippen LogP contribution in [0.5, 0.6) is 0 Å². The molecule has 108 valence electrons. The number of benzene rings is 1. The van der Waals surface area contributed by atoms with Crippen LogP contribution in [0, 0.1) is 5.92 Å². The number of ether oxygens (including phenoxy) is 1. The molecule has 0 aliphatic heterocycles. The Hall–Kier alpha value is -0.510. The Morgan fingerprint density at radius 3 is 2.74 bits per heavy atom. The first kappa shape index (κ1) is 16.5. The van der Waals surface area contributed by atoms with E-state index in [1.165, 1.54) is 5.56 Å². The molecular formula is C16H27O2S+. The molecule has 1 unspecified atom stereocenters. The van der Waals surface area contributed by atoms with Crippen LogP contribution in [-0.2, 0) is 22.3 Å². The minimum Gasteiger partial charge on any atom is -0.381 e. The van der Waals surface area contributed by atoms with E-state index in [-0.39, 0.29) is 0 Å². The van der Waals surface area contributed by atoms with Crippen molar-refractivity contribution in [2.24, 2.45) is 5.92 Å². The third-order valence-electron chi connectivity index (χ3n) is 3.04. The number of rotatable bonds is 9. The van der Waals surface area contributed by atoms with Crippen molar-refractivity contribution in [1.82, 2.24) is 0 Å². The van der Waals surface area contributed by atoms with E-state index in [4.69, 9.17) is 4.74 Å². The Morgan fingerprint density at radius 1 is 1.26 bits per heavy atom. The fourth-order valence-corrected chi connectivity index (χ4v) is 2.67. The van der Waals surface area contributed by atoms with Crippen LogP contribution in [0.15, 0.2) is 29.2 Å². The van der Waals surface area contributed by atoms with Crippen LogP contribution >= 0.6 is 0 Å². The van der Waals surface area contributed by atoms with Crippen molar-refractivity contribution in [3.05, 3.63) is 29.8 Å². The van der Waals surface area contributed by atoms with Crippen LogP contribution in [0.4, 0.5) is 0 Å². The maximum Gasteiger partial charge on any atom is 0.190 e. The van der Waals surface area contributed by atoms with Gasteiger partial charge in [-0.15, -0.1) is 0 Å². The molecule has 1 aromatic rings. The predicted molar refractivity (Wildman–Crippen MR) is 83.8 cm³/mol. The predicted octanol–water partition coefficient (Wildman–Crippen LogP) is 4.15. The first-order chi connectivity index (χ1) is 9.13. The second-order valence-corrected chi connectivity index (χ2v) is 6.98. The summed E-state index contributed by atoms with van der Waals surface area (Å²) in [5.41, 5.74) is 1.30. The van der Waals surface area contributed by atoms with Crippen molar-refractivity contribution in [1.29, 1.82) is 0 Å².